The zero-order chi connectivity index (χ0) is 11.9. The lowest BCUT2D eigenvalue weighted by molar-refractivity contribution is -0.133. The summed E-state index contributed by atoms with van der Waals surface area (Å²) in [6, 6.07) is 0. The van der Waals surface area contributed by atoms with Crippen LogP contribution in [0, 0.1) is 5.92 Å². The van der Waals surface area contributed by atoms with Crippen molar-refractivity contribution in [3.05, 3.63) is 0 Å². The predicted molar refractivity (Wildman–Crippen MR) is 67.5 cm³/mol. The van der Waals surface area contributed by atoms with Crippen molar-refractivity contribution < 1.29 is 4.79 Å². The Morgan fingerprint density at radius 3 is 2.47 bits per heavy atom. The summed E-state index contributed by atoms with van der Waals surface area (Å²) in [6.45, 7) is 2.99. The fraction of sp³-hybridized carbons (Fsp3) is 0.929. The second-order valence-corrected chi connectivity index (χ2v) is 6.01. The summed E-state index contributed by atoms with van der Waals surface area (Å²) in [5.41, 5.74) is -0.163. The highest BCUT2D eigenvalue weighted by Crippen LogP contribution is 2.40. The second-order valence-electron chi connectivity index (χ2n) is 6.01. The molecule has 0 radical (unpaired) electrons. The van der Waals surface area contributed by atoms with E-state index in [2.05, 4.69) is 17.1 Å². The Morgan fingerprint density at radius 2 is 1.88 bits per heavy atom. The SMILES string of the molecule is CCN1C(=O)C2(CCCC2)NC1C1CCCC1. The lowest BCUT2D eigenvalue weighted by Gasteiger charge is -2.27. The van der Waals surface area contributed by atoms with Crippen LogP contribution in [0.25, 0.3) is 0 Å². The Kier molecular flexibility index (Phi) is 2.89. The van der Waals surface area contributed by atoms with Gasteiger partial charge >= 0.3 is 0 Å². The minimum atomic E-state index is -0.163. The molecule has 0 bridgehead atoms. The van der Waals surface area contributed by atoms with E-state index in [0.29, 0.717) is 18.0 Å². The fourth-order valence-electron chi connectivity index (χ4n) is 4.15. The third-order valence-electron chi connectivity index (χ3n) is 5.07. The van der Waals surface area contributed by atoms with E-state index in [1.807, 2.05) is 0 Å². The predicted octanol–water partition coefficient (Wildman–Crippen LogP) is 2.27. The first kappa shape index (κ1) is 11.5. The Morgan fingerprint density at radius 1 is 1.24 bits per heavy atom. The molecule has 3 heteroatoms. The lowest BCUT2D eigenvalue weighted by Crippen LogP contribution is -2.46. The molecule has 96 valence electrons. The van der Waals surface area contributed by atoms with Crippen molar-refractivity contribution in [3.8, 4) is 0 Å². The third-order valence-corrected chi connectivity index (χ3v) is 5.07. The molecule has 1 aliphatic heterocycles. The van der Waals surface area contributed by atoms with Crippen LogP contribution in [0.15, 0.2) is 0 Å². The molecule has 0 aromatic rings. The van der Waals surface area contributed by atoms with Crippen molar-refractivity contribution in [1.29, 1.82) is 0 Å². The average Bonchev–Trinajstić information content (AvgIpc) is 3.04. The van der Waals surface area contributed by atoms with Gasteiger partial charge < -0.3 is 4.90 Å². The molecule has 3 fully saturated rings. The molecular formula is C14H24N2O. The maximum absolute atomic E-state index is 12.6. The van der Waals surface area contributed by atoms with Gasteiger partial charge in [0.15, 0.2) is 0 Å². The molecule has 1 saturated heterocycles. The van der Waals surface area contributed by atoms with Gasteiger partial charge in [0.05, 0.1) is 11.7 Å². The Labute approximate surface area is 104 Å². The van der Waals surface area contributed by atoms with Gasteiger partial charge in [-0.15, -0.1) is 0 Å². The lowest BCUT2D eigenvalue weighted by atomic mass is 9.97. The molecular weight excluding hydrogens is 212 g/mol. The van der Waals surface area contributed by atoms with Gasteiger partial charge in [-0.05, 0) is 38.5 Å². The number of likely N-dealkylation sites (N-methyl/N-ethyl adjacent to an activating group) is 1. The molecule has 2 saturated carbocycles. The van der Waals surface area contributed by atoms with Crippen molar-refractivity contribution in [2.75, 3.05) is 6.54 Å². The molecule has 1 unspecified atom stereocenters. The zero-order valence-corrected chi connectivity index (χ0v) is 10.9. The summed E-state index contributed by atoms with van der Waals surface area (Å²) in [5.74, 6) is 1.10. The molecule has 1 atom stereocenters. The van der Waals surface area contributed by atoms with Gasteiger partial charge in [0.2, 0.25) is 5.91 Å². The Hall–Kier alpha value is -0.570. The van der Waals surface area contributed by atoms with E-state index in [1.165, 1.54) is 38.5 Å². The van der Waals surface area contributed by atoms with E-state index in [4.69, 9.17) is 0 Å². The van der Waals surface area contributed by atoms with E-state index in [0.717, 1.165) is 19.4 Å². The van der Waals surface area contributed by atoms with Crippen LogP contribution >= 0.6 is 0 Å². The standard InChI is InChI=1S/C14H24N2O/c1-2-16-12(11-7-3-4-8-11)15-14(13(16)17)9-5-6-10-14/h11-12,15H,2-10H2,1H3. The molecule has 2 aliphatic carbocycles. The van der Waals surface area contributed by atoms with Gasteiger partial charge in [0.1, 0.15) is 0 Å². The van der Waals surface area contributed by atoms with Crippen molar-refractivity contribution in [2.24, 2.45) is 5.92 Å². The maximum atomic E-state index is 12.6. The van der Waals surface area contributed by atoms with Crippen molar-refractivity contribution >= 4 is 5.91 Å². The van der Waals surface area contributed by atoms with Crippen LogP contribution in [0.1, 0.15) is 58.3 Å². The first-order valence-electron chi connectivity index (χ1n) is 7.35. The quantitative estimate of drug-likeness (QED) is 0.797. The van der Waals surface area contributed by atoms with Gasteiger partial charge in [-0.3, -0.25) is 10.1 Å². The summed E-state index contributed by atoms with van der Waals surface area (Å²) in [7, 11) is 0. The van der Waals surface area contributed by atoms with E-state index >= 15 is 0 Å². The minimum absolute atomic E-state index is 0.163. The number of hydrogen-bond donors (Lipinski definition) is 1. The number of amides is 1. The van der Waals surface area contributed by atoms with Crippen LogP contribution in [0.3, 0.4) is 0 Å². The first-order chi connectivity index (χ1) is 8.27. The van der Waals surface area contributed by atoms with E-state index in [-0.39, 0.29) is 5.54 Å². The third kappa shape index (κ3) is 1.70. The summed E-state index contributed by atoms with van der Waals surface area (Å²) in [6.07, 6.45) is 10.2. The molecule has 1 amide bonds. The van der Waals surface area contributed by atoms with Gasteiger partial charge in [0, 0.05) is 6.54 Å². The summed E-state index contributed by atoms with van der Waals surface area (Å²) in [5, 5.41) is 3.74. The topological polar surface area (TPSA) is 32.3 Å². The Balaban J connectivity index is 1.82. The van der Waals surface area contributed by atoms with Crippen LogP contribution in [0.2, 0.25) is 0 Å². The summed E-state index contributed by atoms with van der Waals surface area (Å²) >= 11 is 0. The number of hydrogen-bond acceptors (Lipinski definition) is 2. The van der Waals surface area contributed by atoms with Crippen LogP contribution < -0.4 is 5.32 Å². The van der Waals surface area contributed by atoms with Gasteiger partial charge in [0.25, 0.3) is 0 Å². The molecule has 1 N–H and O–H groups in total. The maximum Gasteiger partial charge on any atom is 0.244 e. The van der Waals surface area contributed by atoms with Crippen LogP contribution in [0.5, 0.6) is 0 Å². The second kappa shape index (κ2) is 4.27. The minimum Gasteiger partial charge on any atom is -0.326 e. The molecule has 3 rings (SSSR count). The van der Waals surface area contributed by atoms with E-state index in [9.17, 15) is 4.79 Å². The molecule has 0 aromatic heterocycles. The molecule has 0 aromatic carbocycles. The number of carbonyl (C=O) groups excluding carboxylic acids is 1. The summed E-state index contributed by atoms with van der Waals surface area (Å²) < 4.78 is 0. The highest BCUT2D eigenvalue weighted by atomic mass is 16.2. The first-order valence-corrected chi connectivity index (χ1v) is 7.35. The molecule has 1 spiro atoms. The summed E-state index contributed by atoms with van der Waals surface area (Å²) in [4.78, 5) is 14.7. The van der Waals surface area contributed by atoms with Gasteiger partial charge in [-0.25, -0.2) is 0 Å². The van der Waals surface area contributed by atoms with Gasteiger partial charge in [-0.2, -0.15) is 0 Å². The van der Waals surface area contributed by atoms with Crippen molar-refractivity contribution in [1.82, 2.24) is 10.2 Å². The Bertz CT molecular complexity index is 303. The number of nitrogens with zero attached hydrogens (tertiary/aromatic N) is 1. The number of nitrogens with one attached hydrogen (secondary N) is 1. The van der Waals surface area contributed by atoms with Crippen LogP contribution in [-0.4, -0.2) is 29.1 Å². The number of carbonyl (C=O) groups is 1. The highest BCUT2D eigenvalue weighted by molar-refractivity contribution is 5.89. The molecule has 3 nitrogen and oxygen atoms in total. The number of rotatable bonds is 2. The molecule has 3 aliphatic rings. The molecule has 1 heterocycles. The monoisotopic (exact) mass is 236 g/mol. The fourth-order valence-corrected chi connectivity index (χ4v) is 4.15. The van der Waals surface area contributed by atoms with Crippen molar-refractivity contribution in [2.45, 2.75) is 70.0 Å². The van der Waals surface area contributed by atoms with E-state index in [1.54, 1.807) is 0 Å². The normalized spacial score (nSPS) is 33.1. The van der Waals surface area contributed by atoms with E-state index < -0.39 is 0 Å². The zero-order valence-electron chi connectivity index (χ0n) is 10.9. The largest absolute Gasteiger partial charge is 0.326 e. The van der Waals surface area contributed by atoms with Crippen molar-refractivity contribution in [3.63, 3.8) is 0 Å². The average molecular weight is 236 g/mol. The highest BCUT2D eigenvalue weighted by Gasteiger charge is 2.53. The van der Waals surface area contributed by atoms with Gasteiger partial charge in [-0.1, -0.05) is 25.7 Å². The molecule has 17 heavy (non-hydrogen) atoms. The van der Waals surface area contributed by atoms with Crippen LogP contribution in [0.4, 0.5) is 0 Å². The van der Waals surface area contributed by atoms with Crippen LogP contribution in [-0.2, 0) is 4.79 Å². The smallest absolute Gasteiger partial charge is 0.244 e.